The van der Waals surface area contributed by atoms with E-state index in [1.54, 1.807) is 0 Å². The Morgan fingerprint density at radius 3 is 1.40 bits per heavy atom. The number of carboxylic acid groups (broad SMARTS) is 1. The molecule has 0 rings (SSSR count). The molecule has 0 aromatic rings. The van der Waals surface area contributed by atoms with Gasteiger partial charge in [-0.3, -0.25) is 4.79 Å². The zero-order valence-electron chi connectivity index (χ0n) is 9.83. The minimum absolute atomic E-state index is 0. The first-order valence-corrected chi connectivity index (χ1v) is 1.71. The molecule has 10 heavy (non-hydrogen) atoms. The van der Waals surface area contributed by atoms with Crippen molar-refractivity contribution in [3.63, 3.8) is 0 Å². The van der Waals surface area contributed by atoms with Gasteiger partial charge in [-0.05, 0) is 0 Å². The fraction of sp³-hybridized carbons (Fsp3) is 0.333. The molecule has 5 nitrogen and oxygen atoms in total. The van der Waals surface area contributed by atoms with E-state index in [4.69, 9.17) is 14.7 Å². The monoisotopic (exact) mass is 188 g/mol. The molecule has 5 N–H and O–H groups in total. The second kappa shape index (κ2) is 16.4. The average molecular weight is 189 g/mol. The quantitative estimate of drug-likeness (QED) is 0.416. The SMILES string of the molecule is CC(=O)O.NC(N)=O.[Ca+2].[H-].[H-].[H-].[H-].[Mg+2]. The van der Waals surface area contributed by atoms with E-state index in [0.29, 0.717) is 0 Å². The summed E-state index contributed by atoms with van der Waals surface area (Å²) in [5.41, 5.74) is 8.50. The van der Waals surface area contributed by atoms with E-state index < -0.39 is 12.0 Å². The maximum atomic E-state index is 9.00. The largest absolute Gasteiger partial charge is 2.00 e. The number of amides is 2. The van der Waals surface area contributed by atoms with Crippen molar-refractivity contribution < 1.29 is 20.4 Å². The Bertz CT molecular complexity index is 91.8. The van der Waals surface area contributed by atoms with Crippen molar-refractivity contribution >= 4 is 72.8 Å². The summed E-state index contributed by atoms with van der Waals surface area (Å²) in [6, 6.07) is -0.833. The molecule has 0 atom stereocenters. The van der Waals surface area contributed by atoms with E-state index in [-0.39, 0.29) is 66.5 Å². The van der Waals surface area contributed by atoms with Crippen LogP contribution >= 0.6 is 0 Å². The van der Waals surface area contributed by atoms with Gasteiger partial charge in [0.1, 0.15) is 0 Å². The number of hydrogen-bond acceptors (Lipinski definition) is 2. The van der Waals surface area contributed by atoms with Crippen LogP contribution in [0, 0.1) is 0 Å². The van der Waals surface area contributed by atoms with Crippen molar-refractivity contribution in [3.05, 3.63) is 0 Å². The molecule has 0 saturated carbocycles. The fourth-order valence-electron chi connectivity index (χ4n) is 0. The second-order valence-electron chi connectivity index (χ2n) is 0.921. The molecule has 56 valence electrons. The van der Waals surface area contributed by atoms with Crippen molar-refractivity contribution in [2.75, 3.05) is 0 Å². The van der Waals surface area contributed by atoms with Gasteiger partial charge in [0, 0.05) is 6.92 Å². The van der Waals surface area contributed by atoms with E-state index in [9.17, 15) is 0 Å². The van der Waals surface area contributed by atoms with Gasteiger partial charge in [0.2, 0.25) is 0 Å². The number of carbonyl (C=O) groups excluding carboxylic acids is 1. The Morgan fingerprint density at radius 1 is 1.40 bits per heavy atom. The van der Waals surface area contributed by atoms with Gasteiger partial charge < -0.3 is 22.3 Å². The molecular formula is C3H12CaMgN2O3. The Kier molecular flexibility index (Phi) is 36.8. The fourth-order valence-corrected chi connectivity index (χ4v) is 0. The summed E-state index contributed by atoms with van der Waals surface area (Å²) >= 11 is 0. The molecule has 0 unspecified atom stereocenters. The van der Waals surface area contributed by atoms with Crippen LogP contribution in [-0.4, -0.2) is 77.9 Å². The van der Waals surface area contributed by atoms with E-state index >= 15 is 0 Å². The van der Waals surface area contributed by atoms with Crippen molar-refractivity contribution in [1.82, 2.24) is 0 Å². The van der Waals surface area contributed by atoms with Crippen LogP contribution in [0.1, 0.15) is 12.6 Å². The summed E-state index contributed by atoms with van der Waals surface area (Å²) in [6.45, 7) is 1.08. The number of rotatable bonds is 0. The number of hydrogen-bond donors (Lipinski definition) is 3. The molecule has 0 fully saturated rings. The zero-order chi connectivity index (χ0) is 7.15. The molecule has 0 aromatic heterocycles. The normalized spacial score (nSPS) is 4.90. The molecule has 0 aliphatic carbocycles. The predicted octanol–water partition coefficient (Wildman–Crippen LogP) is -1.20. The zero-order valence-corrected chi connectivity index (χ0v) is 9.46. The molecule has 0 aromatic carbocycles. The number of primary amides is 2. The number of carbonyl (C=O) groups is 2. The van der Waals surface area contributed by atoms with Crippen LogP contribution < -0.4 is 11.5 Å². The van der Waals surface area contributed by atoms with Gasteiger partial charge in [-0.1, -0.05) is 0 Å². The molecule has 0 heterocycles. The molecule has 0 saturated heterocycles. The number of aliphatic carboxylic acids is 1. The van der Waals surface area contributed by atoms with Crippen LogP contribution in [0.25, 0.3) is 0 Å². The van der Waals surface area contributed by atoms with Crippen molar-refractivity contribution in [2.45, 2.75) is 6.92 Å². The van der Waals surface area contributed by atoms with Gasteiger partial charge in [-0.2, -0.15) is 0 Å². The van der Waals surface area contributed by atoms with Crippen LogP contribution in [0.3, 0.4) is 0 Å². The summed E-state index contributed by atoms with van der Waals surface area (Å²) < 4.78 is 0. The van der Waals surface area contributed by atoms with Crippen LogP contribution in [0.5, 0.6) is 0 Å². The second-order valence-corrected chi connectivity index (χ2v) is 0.921. The van der Waals surface area contributed by atoms with Gasteiger partial charge in [-0.15, -0.1) is 0 Å². The molecule has 0 aliphatic rings. The standard InChI is InChI=1S/C2H4O2.CH4N2O.Ca.Mg.4H/c1-2(3)4;2-1(3)4;;;;;;/h1H3,(H,3,4);(H4,2,3,4);;;;;;/q;;2*+2;4*-1. The first-order chi connectivity index (χ1) is 3.46. The van der Waals surface area contributed by atoms with Gasteiger partial charge in [0.05, 0.1) is 0 Å². The maximum Gasteiger partial charge on any atom is 2.00 e. The molecule has 0 spiro atoms. The molecule has 0 bridgehead atoms. The first-order valence-electron chi connectivity index (χ1n) is 1.71. The smallest absolute Gasteiger partial charge is 1.00 e. The van der Waals surface area contributed by atoms with Crippen LogP contribution in [0.2, 0.25) is 0 Å². The minimum atomic E-state index is -0.833. The van der Waals surface area contributed by atoms with Crippen molar-refractivity contribution in [2.24, 2.45) is 11.5 Å². The van der Waals surface area contributed by atoms with E-state index in [1.165, 1.54) is 0 Å². The Balaban J connectivity index is -0.00000000600. The molecule has 0 radical (unpaired) electrons. The third-order valence-corrected chi connectivity index (χ3v) is 0. The third-order valence-electron chi connectivity index (χ3n) is 0. The van der Waals surface area contributed by atoms with Gasteiger partial charge in [-0.25, -0.2) is 4.79 Å². The molecular weight excluding hydrogens is 176 g/mol. The maximum absolute atomic E-state index is 9.00. The van der Waals surface area contributed by atoms with Crippen LogP contribution in [0.4, 0.5) is 4.79 Å². The summed E-state index contributed by atoms with van der Waals surface area (Å²) in [5.74, 6) is -0.833. The van der Waals surface area contributed by atoms with E-state index in [0.717, 1.165) is 6.92 Å². The van der Waals surface area contributed by atoms with E-state index in [2.05, 4.69) is 11.5 Å². The predicted molar refractivity (Wildman–Crippen MR) is 43.0 cm³/mol. The van der Waals surface area contributed by atoms with Crippen LogP contribution in [-0.2, 0) is 4.79 Å². The topological polar surface area (TPSA) is 106 Å². The Morgan fingerprint density at radius 2 is 1.40 bits per heavy atom. The minimum Gasteiger partial charge on any atom is -1.00 e. The summed E-state index contributed by atoms with van der Waals surface area (Å²) in [7, 11) is 0. The van der Waals surface area contributed by atoms with Crippen LogP contribution in [0.15, 0.2) is 0 Å². The summed E-state index contributed by atoms with van der Waals surface area (Å²) in [6.07, 6.45) is 0. The molecule has 2 amide bonds. The average Bonchev–Trinajstić information content (AvgIpc) is 1.25. The van der Waals surface area contributed by atoms with Crippen molar-refractivity contribution in [1.29, 1.82) is 0 Å². The Labute approximate surface area is 111 Å². The van der Waals surface area contributed by atoms with Crippen molar-refractivity contribution in [3.8, 4) is 0 Å². The van der Waals surface area contributed by atoms with E-state index in [1.807, 2.05) is 0 Å². The third kappa shape index (κ3) is 901. The molecule has 7 heteroatoms. The van der Waals surface area contributed by atoms with Gasteiger partial charge in [0.15, 0.2) is 0 Å². The number of carboxylic acids is 1. The summed E-state index contributed by atoms with van der Waals surface area (Å²) in [4.78, 5) is 18.0. The number of urea groups is 1. The Hall–Kier alpha value is 0.766. The number of nitrogens with two attached hydrogens (primary N) is 2. The molecule has 0 aliphatic heterocycles. The first kappa shape index (κ1) is 22.4. The van der Waals surface area contributed by atoms with Gasteiger partial charge >= 0.3 is 66.8 Å². The van der Waals surface area contributed by atoms with Gasteiger partial charge in [0.25, 0.3) is 5.97 Å². The summed E-state index contributed by atoms with van der Waals surface area (Å²) in [5, 5.41) is 7.42.